The van der Waals surface area contributed by atoms with Crippen LogP contribution in [0.3, 0.4) is 0 Å². The van der Waals surface area contributed by atoms with Crippen LogP contribution < -0.4 is 28.4 Å². The summed E-state index contributed by atoms with van der Waals surface area (Å²) in [5.74, 6) is 2.76. The Balaban J connectivity index is 0.868. The zero-order valence-electron chi connectivity index (χ0n) is 46.3. The first kappa shape index (κ1) is 58.2. The molecule has 0 aliphatic carbocycles. The molecule has 4 aliphatic heterocycles. The van der Waals surface area contributed by atoms with Crippen molar-refractivity contribution in [3.63, 3.8) is 0 Å². The van der Waals surface area contributed by atoms with E-state index >= 15 is 4.79 Å². The number of alkyl halides is 6. The topological polar surface area (TPSA) is 184 Å². The number of thiazole rings is 2. The number of methoxy groups -OCH3 is 6. The summed E-state index contributed by atoms with van der Waals surface area (Å²) in [7, 11) is 9.30. The number of benzene rings is 2. The van der Waals surface area contributed by atoms with Gasteiger partial charge < -0.3 is 38.1 Å². The molecular weight excluding hydrogens is 1120 g/mol. The molecule has 4 unspecified atom stereocenters. The van der Waals surface area contributed by atoms with Crippen LogP contribution in [-0.4, -0.2) is 137 Å². The number of aromatic nitrogens is 6. The van der Waals surface area contributed by atoms with Crippen LogP contribution in [0.5, 0.6) is 34.5 Å². The highest BCUT2D eigenvalue weighted by Crippen LogP contribution is 2.46. The number of halogens is 6. The van der Waals surface area contributed by atoms with Crippen LogP contribution >= 0.6 is 22.7 Å². The van der Waals surface area contributed by atoms with E-state index in [1.807, 2.05) is 20.6 Å². The van der Waals surface area contributed by atoms with E-state index in [0.717, 1.165) is 22.1 Å². The molecule has 0 amide bonds. The summed E-state index contributed by atoms with van der Waals surface area (Å²) in [6, 6.07) is 6.82. The van der Waals surface area contributed by atoms with Gasteiger partial charge in [-0.05, 0) is 77.8 Å². The molecule has 6 aromatic rings. The van der Waals surface area contributed by atoms with Crippen molar-refractivity contribution in [2.75, 3.05) is 68.8 Å². The number of piperidine rings is 2. The first-order chi connectivity index (χ1) is 39.3. The van der Waals surface area contributed by atoms with Gasteiger partial charge in [-0.3, -0.25) is 24.0 Å². The Labute approximate surface area is 476 Å². The number of Topliss-reactive ketones (excluding diaryl/α,β-unsaturated/α-hetero) is 1. The van der Waals surface area contributed by atoms with Gasteiger partial charge in [0.25, 0.3) is 0 Å². The van der Waals surface area contributed by atoms with Crippen LogP contribution in [0.25, 0.3) is 0 Å². The minimum Gasteiger partial charge on any atom is -0.496 e. The normalized spacial score (nSPS) is 19.3. The van der Waals surface area contributed by atoms with Gasteiger partial charge in [0.05, 0.1) is 100 Å². The fourth-order valence-electron chi connectivity index (χ4n) is 11.2. The van der Waals surface area contributed by atoms with Crippen molar-refractivity contribution in [1.29, 1.82) is 0 Å². The number of ether oxygens (including phenoxy) is 6. The zero-order valence-corrected chi connectivity index (χ0v) is 47.9. The highest BCUT2D eigenvalue weighted by molar-refractivity contribution is 7.10. The predicted molar refractivity (Wildman–Crippen MR) is 290 cm³/mol. The van der Waals surface area contributed by atoms with Crippen molar-refractivity contribution in [3.8, 4) is 34.5 Å². The van der Waals surface area contributed by atoms with Gasteiger partial charge in [0.15, 0.2) is 29.4 Å². The summed E-state index contributed by atoms with van der Waals surface area (Å²) in [5.41, 5.74) is 2.15. The average Bonchev–Trinajstić information content (AvgIpc) is 4.53. The van der Waals surface area contributed by atoms with Crippen LogP contribution in [0.2, 0.25) is 0 Å². The van der Waals surface area contributed by atoms with Crippen LogP contribution in [-0.2, 0) is 39.9 Å². The maximum absolute atomic E-state index is 15.6. The number of rotatable bonds is 20. The molecule has 440 valence electrons. The van der Waals surface area contributed by atoms with Crippen molar-refractivity contribution in [2.45, 2.75) is 114 Å². The molecule has 19 nitrogen and oxygen atoms in total. The fourth-order valence-corrected chi connectivity index (χ4v) is 13.2. The number of carbonyl (C=O) groups is 1. The number of nitrogens with zero attached hydrogens (tertiary/aromatic N) is 10. The molecule has 82 heavy (non-hydrogen) atoms. The second-order valence-electron chi connectivity index (χ2n) is 20.5. The van der Waals surface area contributed by atoms with Crippen LogP contribution in [0.4, 0.5) is 26.3 Å². The maximum atomic E-state index is 15.6. The molecule has 2 saturated heterocycles. The lowest BCUT2D eigenvalue weighted by Gasteiger charge is -2.41. The number of ketones is 1. The Bertz CT molecular complexity index is 3060. The molecule has 10 rings (SSSR count). The third-order valence-corrected chi connectivity index (χ3v) is 17.7. The lowest BCUT2D eigenvalue weighted by molar-refractivity contribution is -0.142. The van der Waals surface area contributed by atoms with Gasteiger partial charge in [-0.25, -0.2) is 9.97 Å². The summed E-state index contributed by atoms with van der Waals surface area (Å²) >= 11 is 2.96. The molecule has 4 atom stereocenters. The number of oxime groups is 2. The molecule has 0 saturated carbocycles. The largest absolute Gasteiger partial charge is 0.496 e. The van der Waals surface area contributed by atoms with Gasteiger partial charge in [-0.2, -0.15) is 36.5 Å². The Morgan fingerprint density at radius 2 is 0.927 bits per heavy atom. The van der Waals surface area contributed by atoms with E-state index in [2.05, 4.69) is 20.5 Å². The summed E-state index contributed by atoms with van der Waals surface area (Å²) in [4.78, 5) is 41.4. The molecule has 4 aromatic heterocycles. The van der Waals surface area contributed by atoms with E-state index in [0.29, 0.717) is 133 Å². The minimum atomic E-state index is -4.74. The van der Waals surface area contributed by atoms with Gasteiger partial charge in [0, 0.05) is 71.1 Å². The molecule has 0 radical (unpaired) electrons. The minimum absolute atomic E-state index is 0.0292. The van der Waals surface area contributed by atoms with E-state index in [1.165, 1.54) is 45.9 Å². The number of aryl methyl sites for hydroxylation is 2. The standard InChI is InChI=1S/C55H62F6N10O9S2/c1-29-17-47(54(56,57)58)64-70(29)25-39(68-13-9-31(10-14-68)52-62-37(27-81-52)35-23-45(79-66-35)49-41(75-5)19-33(73-3)20-42(49)76-6)51(72)40(26-71-30(2)18-48(65-71)55(59,60)61)69-15-11-32(12-16-69)53-63-38(28-82-53)36-24-46(80-67-36)50-43(77-7)21-34(74-4)22-44(50)78-8/h17-22,27-28,31-32,39-40,45-46H,9-16,23-26H2,1-8H3. The second-order valence-corrected chi connectivity index (χ2v) is 22.2. The smallest absolute Gasteiger partial charge is 0.435 e. The van der Waals surface area contributed by atoms with Crippen LogP contribution in [0, 0.1) is 13.8 Å². The lowest BCUT2D eigenvalue weighted by Crippen LogP contribution is -2.57. The Morgan fingerprint density at radius 1 is 0.573 bits per heavy atom. The number of hydrogen-bond acceptors (Lipinski definition) is 19. The number of hydrogen-bond donors (Lipinski definition) is 0. The van der Waals surface area contributed by atoms with Crippen molar-refractivity contribution < 1.29 is 69.2 Å². The van der Waals surface area contributed by atoms with Crippen molar-refractivity contribution in [2.24, 2.45) is 10.3 Å². The zero-order chi connectivity index (χ0) is 58.2. The Kier molecular flexibility index (Phi) is 17.1. The predicted octanol–water partition coefficient (Wildman–Crippen LogP) is 10.2. The maximum Gasteiger partial charge on any atom is 0.435 e. The molecule has 8 heterocycles. The van der Waals surface area contributed by atoms with Crippen molar-refractivity contribution in [3.05, 3.63) is 102 Å². The number of likely N-dealkylation sites (tertiary alicyclic amines) is 2. The van der Waals surface area contributed by atoms with E-state index in [1.54, 1.807) is 66.9 Å². The van der Waals surface area contributed by atoms with E-state index in [-0.39, 0.29) is 42.1 Å². The summed E-state index contributed by atoms with van der Waals surface area (Å²) in [5, 5.41) is 22.2. The quantitative estimate of drug-likeness (QED) is 0.0658. The van der Waals surface area contributed by atoms with E-state index in [9.17, 15) is 26.3 Å². The number of carbonyl (C=O) groups excluding carboxylic acids is 1. The molecule has 2 fully saturated rings. The third kappa shape index (κ3) is 12.1. The monoisotopic (exact) mass is 1180 g/mol. The molecule has 0 N–H and O–H groups in total. The molecule has 0 spiro atoms. The van der Waals surface area contributed by atoms with Gasteiger partial charge in [-0.1, -0.05) is 10.3 Å². The molecule has 4 aliphatic rings. The summed E-state index contributed by atoms with van der Waals surface area (Å²) in [6.07, 6.45) is -7.54. The van der Waals surface area contributed by atoms with E-state index in [4.69, 9.17) is 48.1 Å². The second kappa shape index (κ2) is 24.1. The van der Waals surface area contributed by atoms with Gasteiger partial charge in [0.1, 0.15) is 45.9 Å². The first-order valence-electron chi connectivity index (χ1n) is 26.5. The van der Waals surface area contributed by atoms with Gasteiger partial charge >= 0.3 is 12.4 Å². The third-order valence-electron chi connectivity index (χ3n) is 15.7. The van der Waals surface area contributed by atoms with Gasteiger partial charge in [0.2, 0.25) is 0 Å². The Hall–Kier alpha value is -6.97. The highest BCUT2D eigenvalue weighted by Gasteiger charge is 2.43. The molecule has 0 bridgehead atoms. The van der Waals surface area contributed by atoms with E-state index < -0.39 is 48.0 Å². The average molecular weight is 1190 g/mol. The molecular formula is C55H62F6N10O9S2. The van der Waals surface area contributed by atoms with Crippen LogP contribution in [0.15, 0.2) is 57.5 Å². The van der Waals surface area contributed by atoms with Crippen molar-refractivity contribution >= 4 is 39.9 Å². The van der Waals surface area contributed by atoms with Crippen LogP contribution in [0.1, 0.15) is 118 Å². The van der Waals surface area contributed by atoms with Crippen molar-refractivity contribution in [1.82, 2.24) is 39.3 Å². The Morgan fingerprint density at radius 3 is 1.23 bits per heavy atom. The highest BCUT2D eigenvalue weighted by atomic mass is 32.1. The summed E-state index contributed by atoms with van der Waals surface area (Å²) < 4.78 is 121. The molecule has 2 aromatic carbocycles. The first-order valence-corrected chi connectivity index (χ1v) is 28.3. The molecule has 27 heteroatoms. The lowest BCUT2D eigenvalue weighted by atomic mass is 9.91. The fraction of sp³-hybridized carbons (Fsp3) is 0.509. The van der Waals surface area contributed by atoms with Gasteiger partial charge in [-0.15, -0.1) is 22.7 Å². The summed E-state index contributed by atoms with van der Waals surface area (Å²) in [6.45, 7) is 4.00. The SMILES string of the molecule is COc1cc(OC)c(C2CC(c3csc(C4CCN(C(Cn5nc(C(F)(F)F)cc5C)C(=O)C(Cn5nc(C(F)(F)F)cc5C)N5CCC(c6nc(C7=NOC(c8c(OC)cc(OC)cc8OC)C7)cs6)CC5)CC4)n3)=NO2)c(OC)c1.